The molecule has 0 unspecified atom stereocenters. The molecule has 0 spiro atoms. The zero-order chi connectivity index (χ0) is 29.0. The van der Waals surface area contributed by atoms with Crippen LogP contribution in [0.2, 0.25) is 0 Å². The molecule has 0 bridgehead atoms. The Morgan fingerprint density at radius 2 is 1.88 bits per heavy atom. The van der Waals surface area contributed by atoms with Crippen LogP contribution in [0.4, 0.5) is 17.1 Å². The predicted octanol–water partition coefficient (Wildman–Crippen LogP) is 5.58. The third kappa shape index (κ3) is 6.04. The number of nitro groups is 1. The van der Waals surface area contributed by atoms with Gasteiger partial charge in [-0.3, -0.25) is 20.3 Å². The average Bonchev–Trinajstić information content (AvgIpc) is 3.26. The van der Waals surface area contributed by atoms with Gasteiger partial charge in [0.2, 0.25) is 5.76 Å². The number of furan rings is 1. The summed E-state index contributed by atoms with van der Waals surface area (Å²) in [5.41, 5.74) is 5.03. The number of nitrogens with one attached hydrogen (secondary N) is 2. The average molecular weight is 567 g/mol. The topological polar surface area (TPSA) is 173 Å². The fraction of sp³-hybridized carbons (Fsp3) is 0.185. The first-order valence-electron chi connectivity index (χ1n) is 12.0. The number of sulfonamides is 1. The van der Waals surface area contributed by atoms with Gasteiger partial charge in [-0.05, 0) is 68.7 Å². The SMILES string of the molecule is COc1ccccc1NS(=O)(=O)c1ccc(N/N=C(/C)CCc2ccc3oc(C(=O)O)c(C)c3c2)c([N+](=O)[O-])c1. The van der Waals surface area contributed by atoms with Gasteiger partial charge in [-0.15, -0.1) is 0 Å². The summed E-state index contributed by atoms with van der Waals surface area (Å²) in [6.07, 6.45) is 1.08. The van der Waals surface area contributed by atoms with Crippen molar-refractivity contribution in [2.24, 2.45) is 5.10 Å². The maximum absolute atomic E-state index is 12.9. The van der Waals surface area contributed by atoms with Crippen LogP contribution in [0.5, 0.6) is 5.75 Å². The number of carboxylic acids is 1. The Labute approximate surface area is 229 Å². The number of carboxylic acid groups (broad SMARTS) is 1. The normalized spacial score (nSPS) is 11.8. The summed E-state index contributed by atoms with van der Waals surface area (Å²) in [4.78, 5) is 22.1. The maximum atomic E-state index is 12.9. The molecule has 1 aromatic heterocycles. The lowest BCUT2D eigenvalue weighted by Gasteiger charge is -2.12. The van der Waals surface area contributed by atoms with Gasteiger partial charge in [-0.25, -0.2) is 13.2 Å². The van der Waals surface area contributed by atoms with E-state index in [-0.39, 0.29) is 22.0 Å². The van der Waals surface area contributed by atoms with E-state index < -0.39 is 26.6 Å². The van der Waals surface area contributed by atoms with E-state index in [1.807, 2.05) is 12.1 Å². The van der Waals surface area contributed by atoms with Crippen molar-refractivity contribution >= 4 is 49.7 Å². The van der Waals surface area contributed by atoms with Gasteiger partial charge >= 0.3 is 5.97 Å². The number of benzene rings is 3. The van der Waals surface area contributed by atoms with Crippen molar-refractivity contribution in [1.82, 2.24) is 0 Å². The highest BCUT2D eigenvalue weighted by molar-refractivity contribution is 7.92. The third-order valence-corrected chi connectivity index (χ3v) is 7.53. The quantitative estimate of drug-likeness (QED) is 0.119. The van der Waals surface area contributed by atoms with Crippen LogP contribution < -0.4 is 14.9 Å². The lowest BCUT2D eigenvalue weighted by Crippen LogP contribution is -2.14. The Bertz CT molecular complexity index is 1740. The van der Waals surface area contributed by atoms with Crippen molar-refractivity contribution in [2.45, 2.75) is 31.6 Å². The van der Waals surface area contributed by atoms with E-state index in [9.17, 15) is 28.4 Å². The summed E-state index contributed by atoms with van der Waals surface area (Å²) in [6, 6.07) is 15.3. The van der Waals surface area contributed by atoms with Gasteiger partial charge in [0.25, 0.3) is 15.7 Å². The van der Waals surface area contributed by atoms with Gasteiger partial charge in [0.15, 0.2) is 0 Å². The first-order valence-corrected chi connectivity index (χ1v) is 13.5. The lowest BCUT2D eigenvalue weighted by molar-refractivity contribution is -0.384. The second-order valence-electron chi connectivity index (χ2n) is 8.89. The molecule has 0 radical (unpaired) electrons. The Morgan fingerprint density at radius 3 is 2.58 bits per heavy atom. The molecule has 0 amide bonds. The Morgan fingerprint density at radius 1 is 1.12 bits per heavy atom. The molecular formula is C27H26N4O8S. The van der Waals surface area contributed by atoms with E-state index in [0.29, 0.717) is 40.8 Å². The molecule has 0 aliphatic heterocycles. The number of anilines is 2. The van der Waals surface area contributed by atoms with Crippen LogP contribution in [0.3, 0.4) is 0 Å². The molecule has 0 saturated carbocycles. The molecule has 208 valence electrons. The number of aromatic carboxylic acids is 1. The molecule has 4 rings (SSSR count). The summed E-state index contributed by atoms with van der Waals surface area (Å²) in [5, 5.41) is 25.9. The molecule has 0 aliphatic carbocycles. The molecule has 40 heavy (non-hydrogen) atoms. The van der Waals surface area contributed by atoms with Crippen molar-refractivity contribution in [3.05, 3.63) is 87.7 Å². The van der Waals surface area contributed by atoms with Crippen LogP contribution in [-0.4, -0.2) is 37.2 Å². The number of fused-ring (bicyclic) bond motifs is 1. The fourth-order valence-electron chi connectivity index (χ4n) is 4.02. The number of nitrogens with zero attached hydrogens (tertiary/aromatic N) is 2. The van der Waals surface area contributed by atoms with E-state index in [0.717, 1.165) is 11.6 Å². The number of rotatable bonds is 11. The zero-order valence-corrected chi connectivity index (χ0v) is 22.6. The van der Waals surface area contributed by atoms with Gasteiger partial charge in [0, 0.05) is 22.7 Å². The summed E-state index contributed by atoms with van der Waals surface area (Å²) in [7, 11) is -2.75. The minimum Gasteiger partial charge on any atom is -0.495 e. The smallest absolute Gasteiger partial charge is 0.372 e. The molecule has 0 atom stereocenters. The molecule has 0 fully saturated rings. The minimum absolute atomic E-state index is 0.0252. The van der Waals surface area contributed by atoms with Gasteiger partial charge in [0.05, 0.1) is 22.6 Å². The molecule has 13 heteroatoms. The van der Waals surface area contributed by atoms with Crippen LogP contribution in [0.1, 0.15) is 35.0 Å². The number of methoxy groups -OCH3 is 1. The highest BCUT2D eigenvalue weighted by Gasteiger charge is 2.23. The first kappa shape index (κ1) is 28.1. The van der Waals surface area contributed by atoms with E-state index in [1.54, 1.807) is 38.1 Å². The van der Waals surface area contributed by atoms with E-state index >= 15 is 0 Å². The second-order valence-corrected chi connectivity index (χ2v) is 10.6. The molecule has 0 aliphatic rings. The fourth-order valence-corrected chi connectivity index (χ4v) is 5.11. The number of hydrazone groups is 1. The minimum atomic E-state index is -4.15. The van der Waals surface area contributed by atoms with Crippen molar-refractivity contribution < 1.29 is 32.4 Å². The van der Waals surface area contributed by atoms with Crippen LogP contribution in [0.15, 0.2) is 75.1 Å². The van der Waals surface area contributed by atoms with E-state index in [1.165, 1.54) is 25.3 Å². The number of aryl methyl sites for hydroxylation is 2. The molecule has 1 heterocycles. The number of hydrogen-bond acceptors (Lipinski definition) is 9. The van der Waals surface area contributed by atoms with Gasteiger partial charge in [-0.1, -0.05) is 18.2 Å². The summed E-state index contributed by atoms with van der Waals surface area (Å²) >= 11 is 0. The van der Waals surface area contributed by atoms with Crippen molar-refractivity contribution in [3.63, 3.8) is 0 Å². The summed E-state index contributed by atoms with van der Waals surface area (Å²) < 4.78 is 38.8. The van der Waals surface area contributed by atoms with Crippen LogP contribution in [0.25, 0.3) is 11.0 Å². The predicted molar refractivity (Wildman–Crippen MR) is 150 cm³/mol. The number of ether oxygens (including phenoxy) is 1. The van der Waals surface area contributed by atoms with Gasteiger partial charge < -0.3 is 14.3 Å². The maximum Gasteiger partial charge on any atom is 0.372 e. The standard InChI is InChI=1S/C27H26N4O8S/c1-16(8-9-18-10-13-24-20(14-18)17(2)26(39-24)27(32)33)28-29-21-12-11-19(15-23(21)31(34)35)40(36,37)30-22-6-4-5-7-25(22)38-3/h4-7,10-15,29-30H,8-9H2,1-3H3,(H,32,33)/b28-16-. The monoisotopic (exact) mass is 566 g/mol. The lowest BCUT2D eigenvalue weighted by atomic mass is 10.0. The van der Waals surface area contributed by atoms with Gasteiger partial charge in [0.1, 0.15) is 17.0 Å². The van der Waals surface area contributed by atoms with Gasteiger partial charge in [-0.2, -0.15) is 5.10 Å². The molecule has 3 N–H and O–H groups in total. The summed E-state index contributed by atoms with van der Waals surface area (Å²) in [5.74, 6) is -0.921. The molecule has 3 aromatic carbocycles. The number of nitro benzene ring substituents is 1. The Kier molecular flexibility index (Phi) is 8.05. The van der Waals surface area contributed by atoms with Crippen LogP contribution in [0, 0.1) is 17.0 Å². The highest BCUT2D eigenvalue weighted by atomic mass is 32.2. The first-order chi connectivity index (χ1) is 19.0. The number of carbonyl (C=O) groups is 1. The zero-order valence-electron chi connectivity index (χ0n) is 21.8. The largest absolute Gasteiger partial charge is 0.495 e. The van der Waals surface area contributed by atoms with E-state index in [2.05, 4.69) is 15.2 Å². The summed E-state index contributed by atoms with van der Waals surface area (Å²) in [6.45, 7) is 3.44. The van der Waals surface area contributed by atoms with Crippen molar-refractivity contribution in [2.75, 3.05) is 17.3 Å². The number of hydrogen-bond donors (Lipinski definition) is 3. The Hall–Kier alpha value is -4.91. The van der Waals surface area contributed by atoms with Crippen LogP contribution in [-0.2, 0) is 16.4 Å². The van der Waals surface area contributed by atoms with E-state index in [4.69, 9.17) is 9.15 Å². The molecule has 4 aromatic rings. The van der Waals surface area contributed by atoms with Crippen molar-refractivity contribution in [1.29, 1.82) is 0 Å². The third-order valence-electron chi connectivity index (χ3n) is 6.17. The number of para-hydroxylation sites is 2. The highest BCUT2D eigenvalue weighted by Crippen LogP contribution is 2.31. The molecular weight excluding hydrogens is 540 g/mol. The van der Waals surface area contributed by atoms with Crippen molar-refractivity contribution in [3.8, 4) is 5.75 Å². The van der Waals surface area contributed by atoms with Crippen LogP contribution >= 0.6 is 0 Å². The Balaban J connectivity index is 1.48. The molecule has 0 saturated heterocycles. The molecule has 12 nitrogen and oxygen atoms in total. The second kappa shape index (κ2) is 11.5.